The minimum absolute atomic E-state index is 0.00832. The maximum Gasteiger partial charge on any atom is 0.260 e. The highest BCUT2D eigenvalue weighted by Crippen LogP contribution is 2.21. The van der Waals surface area contributed by atoms with Crippen LogP contribution in [0.4, 0.5) is 0 Å². The molecule has 1 aromatic carbocycles. The SMILES string of the molecule is O=c1ccsn1Cc1ccc(Cl)cc1Cl. The number of benzene rings is 1. The topological polar surface area (TPSA) is 22.0 Å². The van der Waals surface area contributed by atoms with Crippen molar-refractivity contribution in [2.24, 2.45) is 0 Å². The van der Waals surface area contributed by atoms with E-state index in [0.29, 0.717) is 16.6 Å². The van der Waals surface area contributed by atoms with Gasteiger partial charge in [0.25, 0.3) is 5.56 Å². The minimum Gasteiger partial charge on any atom is -0.268 e. The zero-order valence-electron chi connectivity index (χ0n) is 7.61. The van der Waals surface area contributed by atoms with Crippen molar-refractivity contribution >= 4 is 34.7 Å². The van der Waals surface area contributed by atoms with Crippen molar-refractivity contribution in [1.29, 1.82) is 0 Å². The number of rotatable bonds is 2. The smallest absolute Gasteiger partial charge is 0.260 e. The molecule has 1 aromatic heterocycles. The van der Waals surface area contributed by atoms with Crippen molar-refractivity contribution in [3.8, 4) is 0 Å². The molecule has 0 saturated heterocycles. The molecule has 0 saturated carbocycles. The van der Waals surface area contributed by atoms with Crippen molar-refractivity contribution in [1.82, 2.24) is 3.96 Å². The van der Waals surface area contributed by atoms with Crippen LogP contribution in [0.3, 0.4) is 0 Å². The Morgan fingerprint density at radius 1 is 1.27 bits per heavy atom. The highest BCUT2D eigenvalue weighted by atomic mass is 35.5. The maximum atomic E-state index is 11.3. The van der Waals surface area contributed by atoms with Crippen LogP contribution in [0.2, 0.25) is 10.0 Å². The van der Waals surface area contributed by atoms with E-state index < -0.39 is 0 Å². The second-order valence-electron chi connectivity index (χ2n) is 3.02. The standard InChI is InChI=1S/C10H7Cl2NOS/c11-8-2-1-7(9(12)5-8)6-13-10(14)3-4-15-13/h1-5H,6H2. The second-order valence-corrected chi connectivity index (χ2v) is 4.79. The summed E-state index contributed by atoms with van der Waals surface area (Å²) in [7, 11) is 0. The van der Waals surface area contributed by atoms with E-state index in [2.05, 4.69) is 0 Å². The first-order valence-corrected chi connectivity index (χ1v) is 5.85. The predicted molar refractivity (Wildman–Crippen MR) is 64.1 cm³/mol. The van der Waals surface area contributed by atoms with E-state index in [1.165, 1.54) is 17.6 Å². The zero-order chi connectivity index (χ0) is 10.8. The predicted octanol–water partition coefficient (Wildman–Crippen LogP) is 3.26. The Kier molecular flexibility index (Phi) is 3.14. The normalized spacial score (nSPS) is 10.5. The molecule has 5 heteroatoms. The number of nitrogens with zero attached hydrogens (tertiary/aromatic N) is 1. The Morgan fingerprint density at radius 3 is 2.67 bits per heavy atom. The van der Waals surface area contributed by atoms with Crippen molar-refractivity contribution < 1.29 is 0 Å². The van der Waals surface area contributed by atoms with Gasteiger partial charge in [0.2, 0.25) is 0 Å². The van der Waals surface area contributed by atoms with E-state index in [-0.39, 0.29) is 5.56 Å². The summed E-state index contributed by atoms with van der Waals surface area (Å²) in [6, 6.07) is 6.81. The van der Waals surface area contributed by atoms with Gasteiger partial charge in [0.15, 0.2) is 0 Å². The van der Waals surface area contributed by atoms with Crippen molar-refractivity contribution in [2.75, 3.05) is 0 Å². The van der Waals surface area contributed by atoms with Gasteiger partial charge in [-0.25, -0.2) is 0 Å². The quantitative estimate of drug-likeness (QED) is 0.812. The molecule has 0 bridgehead atoms. The summed E-state index contributed by atoms with van der Waals surface area (Å²) in [4.78, 5) is 11.3. The lowest BCUT2D eigenvalue weighted by molar-refractivity contribution is 0.850. The molecule has 0 unspecified atom stereocenters. The Balaban J connectivity index is 2.33. The summed E-state index contributed by atoms with van der Waals surface area (Å²) in [5, 5.41) is 2.94. The van der Waals surface area contributed by atoms with Crippen LogP contribution in [-0.2, 0) is 6.54 Å². The molecule has 0 amide bonds. The molecule has 0 spiro atoms. The minimum atomic E-state index is -0.00832. The molecule has 0 fully saturated rings. The number of hydrogen-bond donors (Lipinski definition) is 0. The van der Waals surface area contributed by atoms with E-state index in [1.54, 1.807) is 21.5 Å². The molecule has 1 heterocycles. The van der Waals surface area contributed by atoms with Crippen molar-refractivity contribution in [3.05, 3.63) is 55.6 Å². The summed E-state index contributed by atoms with van der Waals surface area (Å²) in [5.74, 6) is 0. The molecule has 0 atom stereocenters. The fraction of sp³-hybridized carbons (Fsp3) is 0.100. The third-order valence-electron chi connectivity index (χ3n) is 1.97. The monoisotopic (exact) mass is 259 g/mol. The lowest BCUT2D eigenvalue weighted by Gasteiger charge is -2.04. The first-order chi connectivity index (χ1) is 7.16. The molecule has 2 nitrogen and oxygen atoms in total. The van der Waals surface area contributed by atoms with Gasteiger partial charge in [-0.05, 0) is 17.7 Å². The third kappa shape index (κ3) is 2.43. The average Bonchev–Trinajstić information content (AvgIpc) is 2.57. The van der Waals surface area contributed by atoms with E-state index in [9.17, 15) is 4.79 Å². The molecular formula is C10H7Cl2NOS. The second kappa shape index (κ2) is 4.39. The van der Waals surface area contributed by atoms with Gasteiger partial charge in [-0.2, -0.15) is 0 Å². The van der Waals surface area contributed by atoms with Gasteiger partial charge in [0.05, 0.1) is 6.54 Å². The lowest BCUT2D eigenvalue weighted by Crippen LogP contribution is -2.12. The van der Waals surface area contributed by atoms with Crippen LogP contribution in [0, 0.1) is 0 Å². The highest BCUT2D eigenvalue weighted by molar-refractivity contribution is 7.04. The number of hydrogen-bond acceptors (Lipinski definition) is 2. The summed E-state index contributed by atoms with van der Waals surface area (Å²) >= 11 is 13.2. The van der Waals surface area contributed by atoms with Gasteiger partial charge in [-0.15, -0.1) is 0 Å². The molecule has 15 heavy (non-hydrogen) atoms. The van der Waals surface area contributed by atoms with Crippen LogP contribution in [0.25, 0.3) is 0 Å². The lowest BCUT2D eigenvalue weighted by atomic mass is 10.2. The maximum absolute atomic E-state index is 11.3. The molecule has 0 N–H and O–H groups in total. The van der Waals surface area contributed by atoms with Gasteiger partial charge >= 0.3 is 0 Å². The molecule has 0 aliphatic heterocycles. The zero-order valence-corrected chi connectivity index (χ0v) is 9.94. The number of halogens is 2. The summed E-state index contributed by atoms with van der Waals surface area (Å²) in [6.07, 6.45) is 0. The van der Waals surface area contributed by atoms with Crippen LogP contribution in [-0.4, -0.2) is 3.96 Å². The van der Waals surface area contributed by atoms with E-state index in [4.69, 9.17) is 23.2 Å². The Labute approximate surface area is 101 Å². The Hall–Kier alpha value is -0.770. The van der Waals surface area contributed by atoms with Gasteiger partial charge in [-0.1, -0.05) is 40.8 Å². The molecule has 78 valence electrons. The van der Waals surface area contributed by atoms with E-state index >= 15 is 0 Å². The average molecular weight is 260 g/mol. The molecule has 0 radical (unpaired) electrons. The molecule has 0 aliphatic carbocycles. The summed E-state index contributed by atoms with van der Waals surface area (Å²) < 4.78 is 1.63. The van der Waals surface area contributed by atoms with Gasteiger partial charge in [0, 0.05) is 21.5 Å². The first-order valence-electron chi connectivity index (χ1n) is 4.25. The molecule has 0 aliphatic rings. The van der Waals surface area contributed by atoms with Crippen molar-refractivity contribution in [3.63, 3.8) is 0 Å². The van der Waals surface area contributed by atoms with Gasteiger partial charge in [0.1, 0.15) is 0 Å². The summed E-state index contributed by atoms with van der Waals surface area (Å²) in [5.41, 5.74) is 0.886. The largest absolute Gasteiger partial charge is 0.268 e. The van der Waals surface area contributed by atoms with E-state index in [0.717, 1.165) is 5.56 Å². The van der Waals surface area contributed by atoms with Crippen LogP contribution in [0.1, 0.15) is 5.56 Å². The number of aromatic nitrogens is 1. The summed E-state index contributed by atoms with van der Waals surface area (Å²) in [6.45, 7) is 0.493. The molecule has 2 aromatic rings. The highest BCUT2D eigenvalue weighted by Gasteiger charge is 2.04. The molecular weight excluding hydrogens is 253 g/mol. The van der Waals surface area contributed by atoms with Crippen LogP contribution in [0.15, 0.2) is 34.4 Å². The van der Waals surface area contributed by atoms with Gasteiger partial charge in [-0.3, -0.25) is 8.75 Å². The van der Waals surface area contributed by atoms with Crippen LogP contribution in [0.5, 0.6) is 0 Å². The van der Waals surface area contributed by atoms with E-state index in [1.807, 2.05) is 6.07 Å². The first kappa shape index (κ1) is 10.7. The third-order valence-corrected chi connectivity index (χ3v) is 3.38. The van der Waals surface area contributed by atoms with Crippen LogP contribution >= 0.6 is 34.7 Å². The Morgan fingerprint density at radius 2 is 2.07 bits per heavy atom. The van der Waals surface area contributed by atoms with Gasteiger partial charge < -0.3 is 0 Å². The fourth-order valence-corrected chi connectivity index (χ4v) is 2.39. The van der Waals surface area contributed by atoms with Crippen molar-refractivity contribution in [2.45, 2.75) is 6.54 Å². The molecule has 2 rings (SSSR count). The fourth-order valence-electron chi connectivity index (χ4n) is 1.22. The Bertz CT molecular complexity index is 532. The van der Waals surface area contributed by atoms with Crippen LogP contribution < -0.4 is 5.56 Å².